The molecule has 0 saturated carbocycles. The van der Waals surface area contributed by atoms with Gasteiger partial charge in [0.2, 0.25) is 0 Å². The third-order valence-corrected chi connectivity index (χ3v) is 5.62. The number of thioether (sulfide) groups is 1. The highest BCUT2D eigenvalue weighted by atomic mass is 127. The van der Waals surface area contributed by atoms with Gasteiger partial charge in [0.1, 0.15) is 10.9 Å². The molecule has 0 bridgehead atoms. The molecule has 1 aliphatic rings. The van der Waals surface area contributed by atoms with Crippen LogP contribution in [0.2, 0.25) is 0 Å². The molecular formula is C19H16INO3S2. The molecule has 0 atom stereocenters. The Labute approximate surface area is 175 Å². The van der Waals surface area contributed by atoms with E-state index in [1.54, 1.807) is 13.2 Å². The van der Waals surface area contributed by atoms with Crippen LogP contribution in [0.1, 0.15) is 16.7 Å². The maximum Gasteiger partial charge on any atom is 0.263 e. The Kier molecular flexibility index (Phi) is 6.20. The number of benzene rings is 2. The Morgan fingerprint density at radius 2 is 2.12 bits per heavy atom. The fourth-order valence-electron chi connectivity index (χ4n) is 2.49. The molecule has 2 aromatic rings. The van der Waals surface area contributed by atoms with Gasteiger partial charge in [0.05, 0.1) is 15.6 Å². The van der Waals surface area contributed by atoms with Crippen LogP contribution in [0.15, 0.2) is 41.3 Å². The molecule has 4 nitrogen and oxygen atoms in total. The number of methoxy groups -OCH3 is 1. The Bertz CT molecular complexity index is 912. The maximum absolute atomic E-state index is 11.8. The summed E-state index contributed by atoms with van der Waals surface area (Å²) in [7, 11) is 1.61. The number of rotatable bonds is 5. The molecule has 0 aliphatic carbocycles. The van der Waals surface area contributed by atoms with Gasteiger partial charge in [-0.15, -0.1) is 0 Å². The van der Waals surface area contributed by atoms with Crippen LogP contribution in [0.25, 0.3) is 6.08 Å². The minimum Gasteiger partial charge on any atom is -0.493 e. The smallest absolute Gasteiger partial charge is 0.263 e. The summed E-state index contributed by atoms with van der Waals surface area (Å²) in [6.45, 7) is 2.51. The first-order chi connectivity index (χ1) is 12.5. The van der Waals surface area contributed by atoms with Gasteiger partial charge >= 0.3 is 0 Å². The second-order valence-electron chi connectivity index (χ2n) is 5.66. The van der Waals surface area contributed by atoms with E-state index in [0.29, 0.717) is 27.3 Å². The molecule has 1 N–H and O–H groups in total. The standard InChI is InChI=1S/C19H16INO3S2/c1-11-4-3-5-12(6-11)10-24-17-14(20)7-13(8-15(17)23-2)9-16-18(22)21-19(25)26-16/h3-9H,10H2,1-2H3,(H,21,22,25)/b16-9-. The summed E-state index contributed by atoms with van der Waals surface area (Å²) in [5.74, 6) is 1.15. The van der Waals surface area contributed by atoms with E-state index in [-0.39, 0.29) is 5.91 Å². The number of aryl methyl sites for hydroxylation is 1. The topological polar surface area (TPSA) is 47.6 Å². The van der Waals surface area contributed by atoms with Crippen molar-refractivity contribution in [3.63, 3.8) is 0 Å². The fraction of sp³-hybridized carbons (Fsp3) is 0.158. The lowest BCUT2D eigenvalue weighted by Gasteiger charge is -2.14. The van der Waals surface area contributed by atoms with Crippen LogP contribution in [0.5, 0.6) is 11.5 Å². The van der Waals surface area contributed by atoms with Crippen molar-refractivity contribution in [2.24, 2.45) is 0 Å². The SMILES string of the molecule is COc1cc(/C=C2\SC(=S)NC2=O)cc(I)c1OCc1cccc(C)c1. The van der Waals surface area contributed by atoms with Crippen molar-refractivity contribution in [2.75, 3.05) is 7.11 Å². The number of nitrogens with one attached hydrogen (secondary N) is 1. The Hall–Kier alpha value is -1.58. The fourth-order valence-corrected chi connectivity index (χ4v) is 4.32. The third kappa shape index (κ3) is 4.57. The predicted molar refractivity (Wildman–Crippen MR) is 118 cm³/mol. The molecule has 1 amide bonds. The molecule has 0 spiro atoms. The number of amides is 1. The van der Waals surface area contributed by atoms with Crippen LogP contribution in [-0.2, 0) is 11.4 Å². The third-order valence-electron chi connectivity index (χ3n) is 3.66. The summed E-state index contributed by atoms with van der Waals surface area (Å²) >= 11 is 8.49. The summed E-state index contributed by atoms with van der Waals surface area (Å²) in [5.41, 5.74) is 3.15. The Balaban J connectivity index is 1.84. The van der Waals surface area contributed by atoms with Crippen molar-refractivity contribution in [2.45, 2.75) is 13.5 Å². The van der Waals surface area contributed by atoms with Gasteiger partial charge in [-0.1, -0.05) is 53.8 Å². The molecule has 1 saturated heterocycles. The lowest BCUT2D eigenvalue weighted by Crippen LogP contribution is -2.17. The molecule has 26 heavy (non-hydrogen) atoms. The lowest BCUT2D eigenvalue weighted by atomic mass is 10.1. The van der Waals surface area contributed by atoms with Gasteiger partial charge in [-0.3, -0.25) is 4.79 Å². The van der Waals surface area contributed by atoms with Crippen molar-refractivity contribution in [1.82, 2.24) is 5.32 Å². The summed E-state index contributed by atoms with van der Waals surface area (Å²) in [4.78, 5) is 12.4. The zero-order chi connectivity index (χ0) is 18.7. The first-order valence-corrected chi connectivity index (χ1v) is 10.1. The number of ether oxygens (including phenoxy) is 2. The van der Waals surface area contributed by atoms with Crippen LogP contribution in [0.3, 0.4) is 0 Å². The average Bonchev–Trinajstić information content (AvgIpc) is 2.90. The number of thiocarbonyl (C=S) groups is 1. The second-order valence-corrected chi connectivity index (χ2v) is 8.55. The van der Waals surface area contributed by atoms with E-state index in [2.05, 4.69) is 47.0 Å². The van der Waals surface area contributed by atoms with Crippen LogP contribution in [0, 0.1) is 10.5 Å². The van der Waals surface area contributed by atoms with Crippen molar-refractivity contribution in [3.05, 3.63) is 61.6 Å². The van der Waals surface area contributed by atoms with E-state index in [1.165, 1.54) is 17.3 Å². The summed E-state index contributed by atoms with van der Waals surface area (Å²) in [6.07, 6.45) is 1.80. The molecule has 1 aliphatic heterocycles. The van der Waals surface area contributed by atoms with Gasteiger partial charge in [-0.05, 0) is 58.9 Å². The highest BCUT2D eigenvalue weighted by Crippen LogP contribution is 2.36. The zero-order valence-electron chi connectivity index (χ0n) is 14.2. The number of hydrogen-bond acceptors (Lipinski definition) is 5. The van der Waals surface area contributed by atoms with E-state index in [0.717, 1.165) is 14.7 Å². The number of carbonyl (C=O) groups excluding carboxylic acids is 1. The van der Waals surface area contributed by atoms with Crippen molar-refractivity contribution < 1.29 is 14.3 Å². The largest absolute Gasteiger partial charge is 0.493 e. The molecule has 7 heteroatoms. The minimum absolute atomic E-state index is 0.172. The number of hydrogen-bond donors (Lipinski definition) is 1. The predicted octanol–water partition coefficient (Wildman–Crippen LogP) is 4.68. The van der Waals surface area contributed by atoms with Gasteiger partial charge in [0.25, 0.3) is 5.91 Å². The Morgan fingerprint density at radius 3 is 2.77 bits per heavy atom. The highest BCUT2D eigenvalue weighted by molar-refractivity contribution is 14.1. The quantitative estimate of drug-likeness (QED) is 0.370. The molecular weight excluding hydrogens is 481 g/mol. The van der Waals surface area contributed by atoms with Crippen LogP contribution in [-0.4, -0.2) is 17.3 Å². The van der Waals surface area contributed by atoms with E-state index < -0.39 is 0 Å². The Morgan fingerprint density at radius 1 is 1.31 bits per heavy atom. The van der Waals surface area contributed by atoms with Crippen LogP contribution < -0.4 is 14.8 Å². The molecule has 1 heterocycles. The summed E-state index contributed by atoms with van der Waals surface area (Å²) in [5, 5.41) is 2.61. The first kappa shape index (κ1) is 19.2. The summed E-state index contributed by atoms with van der Waals surface area (Å²) in [6, 6.07) is 12.0. The molecule has 0 radical (unpaired) electrons. The highest BCUT2D eigenvalue weighted by Gasteiger charge is 2.22. The maximum atomic E-state index is 11.8. The molecule has 1 fully saturated rings. The van der Waals surface area contributed by atoms with Gasteiger partial charge < -0.3 is 14.8 Å². The average molecular weight is 497 g/mol. The molecule has 0 unspecified atom stereocenters. The van der Waals surface area contributed by atoms with Gasteiger partial charge in [-0.25, -0.2) is 0 Å². The lowest BCUT2D eigenvalue weighted by molar-refractivity contribution is -0.115. The molecule has 134 valence electrons. The molecule has 2 aromatic carbocycles. The number of halogens is 1. The molecule has 3 rings (SSSR count). The van der Waals surface area contributed by atoms with E-state index in [9.17, 15) is 4.79 Å². The van der Waals surface area contributed by atoms with E-state index >= 15 is 0 Å². The van der Waals surface area contributed by atoms with Crippen LogP contribution in [0.4, 0.5) is 0 Å². The van der Waals surface area contributed by atoms with Crippen molar-refractivity contribution in [1.29, 1.82) is 0 Å². The van der Waals surface area contributed by atoms with E-state index in [1.807, 2.05) is 24.3 Å². The molecule has 0 aromatic heterocycles. The van der Waals surface area contributed by atoms with Crippen molar-refractivity contribution >= 4 is 62.9 Å². The monoisotopic (exact) mass is 497 g/mol. The van der Waals surface area contributed by atoms with Gasteiger partial charge in [0.15, 0.2) is 11.5 Å². The first-order valence-electron chi connectivity index (χ1n) is 7.77. The minimum atomic E-state index is -0.172. The number of carbonyl (C=O) groups is 1. The zero-order valence-corrected chi connectivity index (χ0v) is 18.0. The van der Waals surface area contributed by atoms with Gasteiger partial charge in [-0.2, -0.15) is 0 Å². The second kappa shape index (κ2) is 8.41. The normalized spacial score (nSPS) is 15.3. The van der Waals surface area contributed by atoms with E-state index in [4.69, 9.17) is 21.7 Å². The van der Waals surface area contributed by atoms with Crippen molar-refractivity contribution in [3.8, 4) is 11.5 Å². The van der Waals surface area contributed by atoms with Crippen LogP contribution >= 0.6 is 46.6 Å². The summed E-state index contributed by atoms with van der Waals surface area (Å²) < 4.78 is 12.9. The van der Waals surface area contributed by atoms with Gasteiger partial charge in [0, 0.05) is 0 Å².